The first-order valence-electron chi connectivity index (χ1n) is 8.93. The summed E-state index contributed by atoms with van der Waals surface area (Å²) in [5.74, 6) is -1.88. The molecule has 0 saturated heterocycles. The molecule has 160 valence electrons. The van der Waals surface area contributed by atoms with Gasteiger partial charge in [0.05, 0.1) is 24.7 Å². The van der Waals surface area contributed by atoms with Gasteiger partial charge in [-0.3, -0.25) is 4.79 Å². The van der Waals surface area contributed by atoms with Crippen LogP contribution in [-0.2, 0) is 17.5 Å². The third-order valence-corrected chi connectivity index (χ3v) is 4.92. The van der Waals surface area contributed by atoms with E-state index < -0.39 is 40.4 Å². The largest absolute Gasteiger partial charge is 0.505 e. The molecule has 0 aliphatic heterocycles. The number of aromatic nitrogens is 2. The molecular weight excluding hydrogens is 420 g/mol. The van der Waals surface area contributed by atoms with Gasteiger partial charge in [0.2, 0.25) is 0 Å². The Labute approximate surface area is 171 Å². The van der Waals surface area contributed by atoms with Crippen LogP contribution in [0.25, 0.3) is 16.4 Å². The van der Waals surface area contributed by atoms with E-state index in [0.29, 0.717) is 5.56 Å². The van der Waals surface area contributed by atoms with Crippen LogP contribution in [0.1, 0.15) is 21.5 Å². The summed E-state index contributed by atoms with van der Waals surface area (Å²) in [6.45, 7) is -0.208. The highest BCUT2D eigenvalue weighted by molar-refractivity contribution is 5.98. The highest BCUT2D eigenvalue weighted by Gasteiger charge is 2.32. The molecule has 2 heterocycles. The van der Waals surface area contributed by atoms with Crippen molar-refractivity contribution >= 4 is 22.4 Å². The van der Waals surface area contributed by atoms with Crippen molar-refractivity contribution in [2.45, 2.75) is 12.7 Å². The molecule has 2 aromatic heterocycles. The van der Waals surface area contributed by atoms with Crippen LogP contribution < -0.4 is 5.56 Å². The third kappa shape index (κ3) is 3.39. The number of alkyl halides is 3. The van der Waals surface area contributed by atoms with Gasteiger partial charge in [0, 0.05) is 5.39 Å². The number of aromatic hydroxyl groups is 1. The van der Waals surface area contributed by atoms with Crippen LogP contribution in [0.2, 0.25) is 0 Å². The van der Waals surface area contributed by atoms with Crippen LogP contribution in [0.15, 0.2) is 53.3 Å². The molecule has 6 nitrogen and oxygen atoms in total. The van der Waals surface area contributed by atoms with Gasteiger partial charge < -0.3 is 9.84 Å². The number of nitrogens with zero attached hydrogens (tertiary/aromatic N) is 2. The Balaban J connectivity index is 2.10. The Hall–Kier alpha value is -3.82. The molecule has 0 spiro atoms. The summed E-state index contributed by atoms with van der Waals surface area (Å²) in [4.78, 5) is 25.2. The molecule has 0 aliphatic rings. The Morgan fingerprint density at radius 1 is 1.06 bits per heavy atom. The van der Waals surface area contributed by atoms with Gasteiger partial charge in [-0.2, -0.15) is 13.2 Å². The summed E-state index contributed by atoms with van der Waals surface area (Å²) >= 11 is 0. The molecule has 2 aromatic carbocycles. The Bertz CT molecular complexity index is 1390. The standard InChI is InChI=1S/C21H14F4N2O4/c1-31-20(30)15-9-17-18(28)14-7-4-12(21(23,24)25)8-16(14)27(17)26(19(15)29)10-11-2-5-13(22)6-3-11/h2-9,28H,10H2,1H3. The van der Waals surface area contributed by atoms with E-state index in [9.17, 15) is 32.3 Å². The molecule has 0 bridgehead atoms. The summed E-state index contributed by atoms with van der Waals surface area (Å²) in [5.41, 5.74) is -1.93. The van der Waals surface area contributed by atoms with Gasteiger partial charge in [0.25, 0.3) is 5.56 Å². The topological polar surface area (TPSA) is 72.9 Å². The monoisotopic (exact) mass is 434 g/mol. The van der Waals surface area contributed by atoms with Gasteiger partial charge in [-0.15, -0.1) is 0 Å². The van der Waals surface area contributed by atoms with E-state index in [-0.39, 0.29) is 23.0 Å². The van der Waals surface area contributed by atoms with Crippen molar-refractivity contribution in [1.82, 2.24) is 9.20 Å². The zero-order chi connectivity index (χ0) is 22.5. The highest BCUT2D eigenvalue weighted by Crippen LogP contribution is 2.37. The second-order valence-electron chi connectivity index (χ2n) is 6.81. The number of hydrogen-bond donors (Lipinski definition) is 1. The molecule has 0 unspecified atom stereocenters. The molecule has 0 fully saturated rings. The third-order valence-electron chi connectivity index (χ3n) is 4.92. The Kier molecular flexibility index (Phi) is 4.72. The van der Waals surface area contributed by atoms with Crippen LogP contribution in [-0.4, -0.2) is 27.4 Å². The fourth-order valence-electron chi connectivity index (χ4n) is 3.43. The van der Waals surface area contributed by atoms with Gasteiger partial charge in [-0.05, 0) is 42.0 Å². The van der Waals surface area contributed by atoms with Crippen molar-refractivity contribution in [2.75, 3.05) is 7.11 Å². The zero-order valence-electron chi connectivity index (χ0n) is 15.9. The summed E-state index contributed by atoms with van der Waals surface area (Å²) in [6, 6.07) is 8.88. The van der Waals surface area contributed by atoms with Crippen LogP contribution in [0.5, 0.6) is 5.75 Å². The van der Waals surface area contributed by atoms with Crippen LogP contribution in [0, 0.1) is 5.82 Å². The second-order valence-corrected chi connectivity index (χ2v) is 6.81. The molecule has 0 radical (unpaired) electrons. The van der Waals surface area contributed by atoms with E-state index in [2.05, 4.69) is 4.74 Å². The number of carbonyl (C=O) groups is 1. The number of esters is 1. The van der Waals surface area contributed by atoms with Crippen molar-refractivity contribution in [3.05, 3.63) is 81.4 Å². The number of rotatable bonds is 3. The molecule has 4 aromatic rings. The molecule has 31 heavy (non-hydrogen) atoms. The molecule has 0 amide bonds. The second kappa shape index (κ2) is 7.15. The number of benzene rings is 2. The van der Waals surface area contributed by atoms with Crippen LogP contribution in [0.3, 0.4) is 0 Å². The molecule has 0 saturated carbocycles. The zero-order valence-corrected chi connectivity index (χ0v) is 15.9. The molecule has 10 heteroatoms. The van der Waals surface area contributed by atoms with E-state index in [1.54, 1.807) is 0 Å². The maximum Gasteiger partial charge on any atom is 0.416 e. The van der Waals surface area contributed by atoms with E-state index in [0.717, 1.165) is 52.7 Å². The maximum absolute atomic E-state index is 13.3. The minimum atomic E-state index is -4.65. The van der Waals surface area contributed by atoms with E-state index in [1.165, 1.54) is 12.1 Å². The van der Waals surface area contributed by atoms with Crippen molar-refractivity contribution < 1.29 is 32.2 Å². The number of carbonyl (C=O) groups excluding carboxylic acids is 1. The van der Waals surface area contributed by atoms with Crippen LogP contribution in [0.4, 0.5) is 17.6 Å². The SMILES string of the molecule is COC(=O)c1cc2c(O)c3ccc(C(F)(F)F)cc3n2n(Cc2ccc(F)cc2)c1=O. The van der Waals surface area contributed by atoms with E-state index in [1.807, 2.05) is 0 Å². The minimum Gasteiger partial charge on any atom is -0.505 e. The lowest BCUT2D eigenvalue weighted by Gasteiger charge is -2.14. The fraction of sp³-hybridized carbons (Fsp3) is 0.143. The maximum atomic E-state index is 13.3. The normalized spacial score (nSPS) is 11.9. The minimum absolute atomic E-state index is 0.0577. The molecule has 0 atom stereocenters. The van der Waals surface area contributed by atoms with E-state index in [4.69, 9.17) is 0 Å². The molecule has 1 N–H and O–H groups in total. The first-order chi connectivity index (χ1) is 14.6. The predicted molar refractivity (Wildman–Crippen MR) is 103 cm³/mol. The first-order valence-corrected chi connectivity index (χ1v) is 8.93. The Morgan fingerprint density at radius 2 is 1.74 bits per heavy atom. The molecule has 4 rings (SSSR count). The van der Waals surface area contributed by atoms with Crippen molar-refractivity contribution in [1.29, 1.82) is 0 Å². The van der Waals surface area contributed by atoms with Gasteiger partial charge in [0.1, 0.15) is 16.9 Å². The number of hydrogen-bond acceptors (Lipinski definition) is 4. The lowest BCUT2D eigenvalue weighted by Crippen LogP contribution is -2.31. The predicted octanol–water partition coefficient (Wildman–Crippen LogP) is 3.95. The van der Waals surface area contributed by atoms with Crippen molar-refractivity contribution in [2.24, 2.45) is 0 Å². The summed E-state index contributed by atoms with van der Waals surface area (Å²) in [6.07, 6.45) is -4.65. The quantitative estimate of drug-likeness (QED) is 0.392. The summed E-state index contributed by atoms with van der Waals surface area (Å²) < 4.78 is 59.8. The summed E-state index contributed by atoms with van der Waals surface area (Å²) in [7, 11) is 1.07. The number of halogens is 4. The average Bonchev–Trinajstić information content (AvgIpc) is 3.01. The average molecular weight is 434 g/mol. The van der Waals surface area contributed by atoms with E-state index >= 15 is 0 Å². The number of methoxy groups -OCH3 is 1. The van der Waals surface area contributed by atoms with Gasteiger partial charge in [-0.1, -0.05) is 12.1 Å². The molecule has 0 aliphatic carbocycles. The Morgan fingerprint density at radius 3 is 2.35 bits per heavy atom. The van der Waals surface area contributed by atoms with Gasteiger partial charge >= 0.3 is 12.1 Å². The smallest absolute Gasteiger partial charge is 0.416 e. The lowest BCUT2D eigenvalue weighted by atomic mass is 10.1. The van der Waals surface area contributed by atoms with Crippen LogP contribution >= 0.6 is 0 Å². The van der Waals surface area contributed by atoms with Crippen molar-refractivity contribution in [3.8, 4) is 5.75 Å². The van der Waals surface area contributed by atoms with Gasteiger partial charge in [0.15, 0.2) is 5.75 Å². The molecular formula is C21H14F4N2O4. The number of ether oxygens (including phenoxy) is 1. The summed E-state index contributed by atoms with van der Waals surface area (Å²) in [5, 5.41) is 10.7. The fourth-order valence-corrected chi connectivity index (χ4v) is 3.43. The van der Waals surface area contributed by atoms with Gasteiger partial charge in [-0.25, -0.2) is 18.4 Å². The first kappa shape index (κ1) is 20.5. The highest BCUT2D eigenvalue weighted by atomic mass is 19.4. The lowest BCUT2D eigenvalue weighted by molar-refractivity contribution is -0.137. The van der Waals surface area contributed by atoms with Crippen molar-refractivity contribution in [3.63, 3.8) is 0 Å². The number of fused-ring (bicyclic) bond motifs is 3.